The van der Waals surface area contributed by atoms with Gasteiger partial charge in [-0.05, 0) is 41.8 Å². The highest BCUT2D eigenvalue weighted by Gasteiger charge is 2.22. The Morgan fingerprint density at radius 2 is 1.77 bits per heavy atom. The van der Waals surface area contributed by atoms with E-state index >= 15 is 0 Å². The minimum Gasteiger partial charge on any atom is -0.450 e. The Labute approximate surface area is 171 Å². The third-order valence-electron chi connectivity index (χ3n) is 4.98. The molecule has 0 atom stereocenters. The zero-order valence-electron chi connectivity index (χ0n) is 15.9. The van der Waals surface area contributed by atoms with E-state index in [4.69, 9.17) is 9.15 Å². The summed E-state index contributed by atoms with van der Waals surface area (Å²) in [6.07, 6.45) is 0.770. The molecule has 0 spiro atoms. The number of nitro groups is 1. The quantitative estimate of drug-likeness (QED) is 0.364. The molecule has 0 radical (unpaired) electrons. The summed E-state index contributed by atoms with van der Waals surface area (Å²) in [5, 5.41) is 10.7. The summed E-state index contributed by atoms with van der Waals surface area (Å²) >= 11 is 0. The van der Waals surface area contributed by atoms with Crippen molar-refractivity contribution in [2.75, 3.05) is 13.2 Å². The molecule has 8 heteroatoms. The fraction of sp³-hybridized carbons (Fsp3) is 0.182. The summed E-state index contributed by atoms with van der Waals surface area (Å²) in [6, 6.07) is 16.7. The highest BCUT2D eigenvalue weighted by atomic mass is 16.6. The number of fused-ring (bicyclic) bond motifs is 1. The Morgan fingerprint density at radius 3 is 2.50 bits per heavy atom. The Hall–Kier alpha value is -3.94. The van der Waals surface area contributed by atoms with Crippen LogP contribution in [-0.2, 0) is 22.5 Å². The second kappa shape index (κ2) is 8.20. The molecule has 1 amide bonds. The molecule has 8 nitrogen and oxygen atoms in total. The molecule has 152 valence electrons. The third-order valence-corrected chi connectivity index (χ3v) is 4.98. The third kappa shape index (κ3) is 4.07. The molecule has 1 aliphatic rings. The van der Waals surface area contributed by atoms with E-state index in [-0.39, 0.29) is 24.0 Å². The summed E-state index contributed by atoms with van der Waals surface area (Å²) in [5.74, 6) is -0.676. The Kier molecular flexibility index (Phi) is 5.30. The van der Waals surface area contributed by atoms with Crippen LogP contribution in [0, 0.1) is 10.1 Å². The first-order valence-electron chi connectivity index (χ1n) is 9.37. The minimum atomic E-state index is -0.742. The number of rotatable bonds is 5. The van der Waals surface area contributed by atoms with E-state index < -0.39 is 10.9 Å². The number of furan rings is 1. The summed E-state index contributed by atoms with van der Waals surface area (Å²) in [7, 11) is 0. The molecule has 2 aromatic carbocycles. The first-order valence-corrected chi connectivity index (χ1v) is 9.37. The fourth-order valence-electron chi connectivity index (χ4n) is 3.35. The van der Waals surface area contributed by atoms with Gasteiger partial charge in [-0.25, -0.2) is 4.79 Å². The highest BCUT2D eigenvalue weighted by molar-refractivity contribution is 5.89. The SMILES string of the molecule is O=C(OCC(=O)N1CCc2ccccc2C1)c1ccc(-c2ccc([N+](=O)[O-])cc2)o1. The van der Waals surface area contributed by atoms with Crippen molar-refractivity contribution in [3.8, 4) is 11.3 Å². The number of esters is 1. The topological polar surface area (TPSA) is 103 Å². The molecule has 2 heterocycles. The Morgan fingerprint density at radius 1 is 1.03 bits per heavy atom. The fourth-order valence-corrected chi connectivity index (χ4v) is 3.35. The summed E-state index contributed by atoms with van der Waals surface area (Å²) in [6.45, 7) is 0.713. The number of amides is 1. The molecule has 0 saturated heterocycles. The van der Waals surface area contributed by atoms with Crippen molar-refractivity contribution < 1.29 is 23.7 Å². The van der Waals surface area contributed by atoms with Gasteiger partial charge in [0.2, 0.25) is 5.76 Å². The number of ether oxygens (including phenoxy) is 1. The predicted molar refractivity (Wildman–Crippen MR) is 107 cm³/mol. The number of non-ortho nitro benzene ring substituents is 1. The Balaban J connectivity index is 1.34. The van der Waals surface area contributed by atoms with Gasteiger partial charge in [-0.1, -0.05) is 24.3 Å². The van der Waals surface area contributed by atoms with Gasteiger partial charge in [-0.15, -0.1) is 0 Å². The molecule has 0 bridgehead atoms. The van der Waals surface area contributed by atoms with Crippen molar-refractivity contribution in [2.45, 2.75) is 13.0 Å². The lowest BCUT2D eigenvalue weighted by atomic mass is 10.00. The number of nitrogens with zero attached hydrogens (tertiary/aromatic N) is 2. The molecular formula is C22H18N2O6. The zero-order valence-corrected chi connectivity index (χ0v) is 15.9. The van der Waals surface area contributed by atoms with Crippen LogP contribution in [0.15, 0.2) is 65.1 Å². The number of nitro benzene ring substituents is 1. The van der Waals surface area contributed by atoms with Crippen LogP contribution in [0.25, 0.3) is 11.3 Å². The summed E-state index contributed by atoms with van der Waals surface area (Å²) < 4.78 is 10.6. The van der Waals surface area contributed by atoms with Crippen LogP contribution in [0.4, 0.5) is 5.69 Å². The second-order valence-corrected chi connectivity index (χ2v) is 6.88. The maximum Gasteiger partial charge on any atom is 0.374 e. The van der Waals surface area contributed by atoms with E-state index in [0.717, 1.165) is 12.0 Å². The van der Waals surface area contributed by atoms with Crippen molar-refractivity contribution in [1.29, 1.82) is 0 Å². The van der Waals surface area contributed by atoms with E-state index in [0.29, 0.717) is 24.4 Å². The molecule has 3 aromatic rings. The van der Waals surface area contributed by atoms with Crippen molar-refractivity contribution in [2.24, 2.45) is 0 Å². The van der Waals surface area contributed by atoms with Crippen LogP contribution >= 0.6 is 0 Å². The predicted octanol–water partition coefficient (Wildman–Crippen LogP) is 3.60. The minimum absolute atomic E-state index is 0.0382. The number of hydrogen-bond donors (Lipinski definition) is 0. The second-order valence-electron chi connectivity index (χ2n) is 6.88. The van der Waals surface area contributed by atoms with Crippen LogP contribution in [-0.4, -0.2) is 34.9 Å². The molecule has 4 rings (SSSR count). The number of carbonyl (C=O) groups excluding carboxylic acids is 2. The van der Waals surface area contributed by atoms with E-state index in [9.17, 15) is 19.7 Å². The van der Waals surface area contributed by atoms with Crippen LogP contribution < -0.4 is 0 Å². The highest BCUT2D eigenvalue weighted by Crippen LogP contribution is 2.25. The molecular weight excluding hydrogens is 388 g/mol. The molecule has 0 saturated carbocycles. The van der Waals surface area contributed by atoms with Gasteiger partial charge >= 0.3 is 5.97 Å². The number of benzene rings is 2. The Bertz CT molecular complexity index is 1100. The molecule has 0 fully saturated rings. The van der Waals surface area contributed by atoms with E-state index in [1.54, 1.807) is 11.0 Å². The van der Waals surface area contributed by atoms with Crippen LogP contribution in [0.2, 0.25) is 0 Å². The van der Waals surface area contributed by atoms with Gasteiger partial charge in [0.15, 0.2) is 6.61 Å². The summed E-state index contributed by atoms with van der Waals surface area (Å²) in [5.41, 5.74) is 2.88. The molecule has 0 aliphatic carbocycles. The van der Waals surface area contributed by atoms with Gasteiger partial charge in [0, 0.05) is 30.8 Å². The lowest BCUT2D eigenvalue weighted by Gasteiger charge is -2.28. The maximum atomic E-state index is 12.4. The maximum absolute atomic E-state index is 12.4. The van der Waals surface area contributed by atoms with Crippen molar-refractivity contribution in [3.63, 3.8) is 0 Å². The zero-order chi connectivity index (χ0) is 21.1. The average molecular weight is 406 g/mol. The summed E-state index contributed by atoms with van der Waals surface area (Å²) in [4.78, 5) is 36.6. The van der Waals surface area contributed by atoms with Crippen molar-refractivity contribution >= 4 is 17.6 Å². The van der Waals surface area contributed by atoms with Gasteiger partial charge in [0.1, 0.15) is 5.76 Å². The smallest absolute Gasteiger partial charge is 0.374 e. The molecule has 1 aliphatic heterocycles. The lowest BCUT2D eigenvalue weighted by Crippen LogP contribution is -2.38. The first-order chi connectivity index (χ1) is 14.5. The number of hydrogen-bond acceptors (Lipinski definition) is 6. The van der Waals surface area contributed by atoms with Crippen molar-refractivity contribution in [3.05, 3.63) is 87.7 Å². The lowest BCUT2D eigenvalue weighted by molar-refractivity contribution is -0.384. The normalized spacial score (nSPS) is 12.9. The standard InChI is InChI=1S/C22H18N2O6/c25-21(23-12-11-15-3-1-2-4-17(15)13-23)14-29-22(26)20-10-9-19(30-20)16-5-7-18(8-6-16)24(27)28/h1-10H,11-14H2. The largest absolute Gasteiger partial charge is 0.450 e. The van der Waals surface area contributed by atoms with Gasteiger partial charge in [0.25, 0.3) is 11.6 Å². The van der Waals surface area contributed by atoms with Gasteiger partial charge in [0.05, 0.1) is 4.92 Å². The average Bonchev–Trinajstić information content (AvgIpc) is 3.27. The van der Waals surface area contributed by atoms with Gasteiger partial charge in [-0.2, -0.15) is 0 Å². The van der Waals surface area contributed by atoms with Crippen LogP contribution in [0.1, 0.15) is 21.7 Å². The van der Waals surface area contributed by atoms with Gasteiger partial charge < -0.3 is 14.1 Å². The van der Waals surface area contributed by atoms with Crippen LogP contribution in [0.3, 0.4) is 0 Å². The molecule has 30 heavy (non-hydrogen) atoms. The van der Waals surface area contributed by atoms with E-state index in [2.05, 4.69) is 6.07 Å². The molecule has 0 N–H and O–H groups in total. The molecule has 0 unspecified atom stereocenters. The van der Waals surface area contributed by atoms with Crippen LogP contribution in [0.5, 0.6) is 0 Å². The number of carbonyl (C=O) groups is 2. The monoisotopic (exact) mass is 406 g/mol. The molecule has 1 aromatic heterocycles. The van der Waals surface area contributed by atoms with Crippen molar-refractivity contribution in [1.82, 2.24) is 4.90 Å². The first kappa shape index (κ1) is 19.4. The van der Waals surface area contributed by atoms with E-state index in [1.165, 1.54) is 35.9 Å². The van der Waals surface area contributed by atoms with Gasteiger partial charge in [-0.3, -0.25) is 14.9 Å². The van der Waals surface area contributed by atoms with E-state index in [1.807, 2.05) is 18.2 Å².